The third-order valence-electron chi connectivity index (χ3n) is 6.23. The molecular weight excluding hydrogens is 467 g/mol. The Kier molecular flexibility index (Phi) is 8.53. The van der Waals surface area contributed by atoms with Gasteiger partial charge in [-0.05, 0) is 98.9 Å². The van der Waals surface area contributed by atoms with Gasteiger partial charge in [-0.1, -0.05) is 6.42 Å². The van der Waals surface area contributed by atoms with Gasteiger partial charge in [-0.25, -0.2) is 4.98 Å². The first-order valence-corrected chi connectivity index (χ1v) is 12.2. The van der Waals surface area contributed by atoms with Crippen LogP contribution >= 0.6 is 0 Å². The van der Waals surface area contributed by atoms with Crippen LogP contribution in [0, 0.1) is 0 Å². The van der Waals surface area contributed by atoms with E-state index < -0.39 is 17.6 Å². The van der Waals surface area contributed by atoms with Gasteiger partial charge in [0.15, 0.2) is 0 Å². The molecule has 36 heavy (non-hydrogen) atoms. The monoisotopic (exact) mass is 497 g/mol. The molecule has 1 amide bonds. The zero-order chi connectivity index (χ0) is 25.4. The van der Waals surface area contributed by atoms with Gasteiger partial charge in [-0.3, -0.25) is 9.78 Å². The van der Waals surface area contributed by atoms with Gasteiger partial charge in [0.2, 0.25) is 0 Å². The second-order valence-electron chi connectivity index (χ2n) is 8.98. The van der Waals surface area contributed by atoms with E-state index in [4.69, 9.17) is 0 Å². The number of aryl methyl sites for hydroxylation is 1. The summed E-state index contributed by atoms with van der Waals surface area (Å²) in [5.74, 6) is -0.181. The van der Waals surface area contributed by atoms with Gasteiger partial charge in [-0.2, -0.15) is 13.2 Å². The molecule has 0 spiro atoms. The highest BCUT2D eigenvalue weighted by atomic mass is 19.4. The lowest BCUT2D eigenvalue weighted by atomic mass is 10.0. The highest BCUT2D eigenvalue weighted by molar-refractivity contribution is 6.07. The van der Waals surface area contributed by atoms with Crippen molar-refractivity contribution in [3.8, 4) is 0 Å². The summed E-state index contributed by atoms with van der Waals surface area (Å²) in [7, 11) is 0. The zero-order valence-electron chi connectivity index (χ0n) is 20.0. The first-order chi connectivity index (χ1) is 17.4. The standard InChI is InChI=1S/C27H30F3N5O/c28-27(29,30)22-16-21(6-5-15-35-13-2-1-3-14-35)17-23(18-22)34-26(36)24-7-4-10-32-25(24)33-19-20-8-11-31-12-9-20/h4,7-12,16-18H,1-3,5-6,13-15,19H2,(H,32,33)(H,34,36). The Hall–Kier alpha value is -3.46. The molecule has 1 saturated heterocycles. The number of likely N-dealkylation sites (tertiary alicyclic amines) is 1. The zero-order valence-corrected chi connectivity index (χ0v) is 20.0. The summed E-state index contributed by atoms with van der Waals surface area (Å²) in [6.07, 6.45) is 5.24. The van der Waals surface area contributed by atoms with E-state index in [1.807, 2.05) is 12.1 Å². The van der Waals surface area contributed by atoms with E-state index in [0.717, 1.165) is 37.7 Å². The lowest BCUT2D eigenvalue weighted by molar-refractivity contribution is -0.137. The second kappa shape index (κ2) is 12.0. The van der Waals surface area contributed by atoms with E-state index in [0.29, 0.717) is 24.3 Å². The number of hydrogen-bond acceptors (Lipinski definition) is 5. The van der Waals surface area contributed by atoms with Crippen LogP contribution in [0.15, 0.2) is 61.1 Å². The number of benzene rings is 1. The third-order valence-corrected chi connectivity index (χ3v) is 6.23. The Morgan fingerprint density at radius 3 is 2.50 bits per heavy atom. The van der Waals surface area contributed by atoms with Gasteiger partial charge in [0.25, 0.3) is 5.91 Å². The first kappa shape index (κ1) is 25.6. The molecule has 1 aliphatic rings. The molecule has 2 aromatic heterocycles. The van der Waals surface area contributed by atoms with E-state index in [9.17, 15) is 18.0 Å². The smallest absolute Gasteiger partial charge is 0.365 e. The number of nitrogens with one attached hydrogen (secondary N) is 2. The maximum Gasteiger partial charge on any atom is 0.416 e. The normalized spacial score (nSPS) is 14.4. The summed E-state index contributed by atoms with van der Waals surface area (Å²) in [5.41, 5.74) is 1.10. The van der Waals surface area contributed by atoms with Crippen molar-refractivity contribution in [2.45, 2.75) is 44.8 Å². The van der Waals surface area contributed by atoms with E-state index in [2.05, 4.69) is 25.5 Å². The number of amides is 1. The summed E-state index contributed by atoms with van der Waals surface area (Å²) >= 11 is 0. The summed E-state index contributed by atoms with van der Waals surface area (Å²) in [4.78, 5) is 23.6. The maximum atomic E-state index is 13.6. The van der Waals surface area contributed by atoms with Crippen molar-refractivity contribution < 1.29 is 18.0 Å². The molecule has 0 aliphatic carbocycles. The van der Waals surface area contributed by atoms with Crippen LogP contribution in [-0.2, 0) is 19.1 Å². The molecule has 0 atom stereocenters. The Morgan fingerprint density at radius 1 is 0.972 bits per heavy atom. The van der Waals surface area contributed by atoms with Crippen LogP contribution in [-0.4, -0.2) is 40.4 Å². The fourth-order valence-corrected chi connectivity index (χ4v) is 4.38. The number of rotatable bonds is 9. The van der Waals surface area contributed by atoms with Crippen LogP contribution in [0.5, 0.6) is 0 Å². The Labute approximate surface area is 209 Å². The average Bonchev–Trinajstić information content (AvgIpc) is 2.88. The summed E-state index contributed by atoms with van der Waals surface area (Å²) < 4.78 is 40.8. The van der Waals surface area contributed by atoms with Crippen LogP contribution in [0.2, 0.25) is 0 Å². The van der Waals surface area contributed by atoms with E-state index in [-0.39, 0.29) is 11.3 Å². The molecule has 190 valence electrons. The molecule has 1 aromatic carbocycles. The number of aromatic nitrogens is 2. The van der Waals surface area contributed by atoms with Crippen LogP contribution in [0.3, 0.4) is 0 Å². The molecule has 2 N–H and O–H groups in total. The number of anilines is 2. The number of pyridine rings is 2. The third kappa shape index (κ3) is 7.27. The average molecular weight is 498 g/mol. The predicted octanol–water partition coefficient (Wildman–Crippen LogP) is 5.78. The van der Waals surface area contributed by atoms with Gasteiger partial charge in [-0.15, -0.1) is 0 Å². The number of alkyl halides is 3. The Morgan fingerprint density at radius 2 is 1.75 bits per heavy atom. The van der Waals surface area contributed by atoms with Gasteiger partial charge >= 0.3 is 6.18 Å². The lowest BCUT2D eigenvalue weighted by Gasteiger charge is -2.26. The number of carbonyl (C=O) groups is 1. The van der Waals surface area contributed by atoms with Crippen LogP contribution in [0.25, 0.3) is 0 Å². The molecule has 9 heteroatoms. The molecule has 3 aromatic rings. The fraction of sp³-hybridized carbons (Fsp3) is 0.370. The van der Waals surface area contributed by atoms with Gasteiger partial charge in [0.1, 0.15) is 5.82 Å². The number of hydrogen-bond donors (Lipinski definition) is 2. The molecule has 0 saturated carbocycles. The Balaban J connectivity index is 1.46. The quantitative estimate of drug-likeness (QED) is 0.392. The minimum absolute atomic E-state index is 0.117. The molecular formula is C27H30F3N5O. The molecule has 3 heterocycles. The number of piperidine rings is 1. The van der Waals surface area contributed by atoms with E-state index >= 15 is 0 Å². The SMILES string of the molecule is O=C(Nc1cc(CCCN2CCCCC2)cc(C(F)(F)F)c1)c1cccnc1NCc1ccncc1. The second-order valence-corrected chi connectivity index (χ2v) is 8.98. The van der Waals surface area contributed by atoms with Gasteiger partial charge < -0.3 is 15.5 Å². The highest BCUT2D eigenvalue weighted by Gasteiger charge is 2.31. The van der Waals surface area contributed by atoms with Crippen LogP contribution in [0.1, 0.15) is 52.7 Å². The first-order valence-electron chi connectivity index (χ1n) is 12.2. The van der Waals surface area contributed by atoms with Gasteiger partial charge in [0.05, 0.1) is 11.1 Å². The summed E-state index contributed by atoms with van der Waals surface area (Å²) in [6.45, 7) is 3.38. The molecule has 0 unspecified atom stereocenters. The lowest BCUT2D eigenvalue weighted by Crippen LogP contribution is -2.30. The molecule has 0 bridgehead atoms. The fourth-order valence-electron chi connectivity index (χ4n) is 4.38. The molecule has 1 fully saturated rings. The van der Waals surface area contributed by atoms with E-state index in [1.54, 1.807) is 36.8 Å². The number of carbonyl (C=O) groups excluding carboxylic acids is 1. The van der Waals surface area contributed by atoms with Crippen molar-refractivity contribution in [2.75, 3.05) is 30.3 Å². The van der Waals surface area contributed by atoms with Gasteiger partial charge in [0, 0.05) is 30.8 Å². The van der Waals surface area contributed by atoms with Crippen molar-refractivity contribution in [1.29, 1.82) is 0 Å². The number of halogens is 3. The minimum Gasteiger partial charge on any atom is -0.365 e. The molecule has 4 rings (SSSR count). The van der Waals surface area contributed by atoms with E-state index in [1.165, 1.54) is 25.3 Å². The Bertz CT molecular complexity index is 1150. The van der Waals surface area contributed by atoms with Crippen molar-refractivity contribution in [3.63, 3.8) is 0 Å². The topological polar surface area (TPSA) is 70.2 Å². The highest BCUT2D eigenvalue weighted by Crippen LogP contribution is 2.32. The number of nitrogens with zero attached hydrogens (tertiary/aromatic N) is 3. The van der Waals surface area contributed by atoms with Crippen LogP contribution in [0.4, 0.5) is 24.7 Å². The molecule has 1 aliphatic heterocycles. The molecule has 6 nitrogen and oxygen atoms in total. The van der Waals surface area contributed by atoms with Crippen molar-refractivity contribution in [3.05, 3.63) is 83.3 Å². The molecule has 0 radical (unpaired) electrons. The predicted molar refractivity (Wildman–Crippen MR) is 134 cm³/mol. The van der Waals surface area contributed by atoms with Crippen molar-refractivity contribution in [2.24, 2.45) is 0 Å². The summed E-state index contributed by atoms with van der Waals surface area (Å²) in [5, 5.41) is 5.77. The minimum atomic E-state index is -4.51. The van der Waals surface area contributed by atoms with Crippen LogP contribution < -0.4 is 10.6 Å². The van der Waals surface area contributed by atoms with Crippen molar-refractivity contribution >= 4 is 17.4 Å². The maximum absolute atomic E-state index is 13.6. The largest absolute Gasteiger partial charge is 0.416 e. The summed E-state index contributed by atoms with van der Waals surface area (Å²) in [6, 6.07) is 10.7. The van der Waals surface area contributed by atoms with Crippen molar-refractivity contribution in [1.82, 2.24) is 14.9 Å².